The SMILES string of the molecule is CC(C)CCCCCCCCCCCCCCCCCCC(=O)O[C@H](COC(=O)CCCCCCCCCCCCCCCCCC(C)C)COP(=O)(O)OCC(O)COP(=O)(O)OC[C@@H](COC(=O)CCCCCCCCC(C)C)OC(=O)CCCCCCCCCCCCCCCCCC(C)C. The highest BCUT2D eigenvalue weighted by Gasteiger charge is 2.30. The Morgan fingerprint density at radius 2 is 0.404 bits per heavy atom. The molecule has 3 unspecified atom stereocenters. The summed E-state index contributed by atoms with van der Waals surface area (Å²) in [6, 6.07) is 0. The Kier molecular flexibility index (Phi) is 72.5. The van der Waals surface area contributed by atoms with Crippen molar-refractivity contribution in [1.29, 1.82) is 0 Å². The average molecular weight is 1520 g/mol. The lowest BCUT2D eigenvalue weighted by Crippen LogP contribution is -2.30. The lowest BCUT2D eigenvalue weighted by Gasteiger charge is -2.21. The highest BCUT2D eigenvalue weighted by Crippen LogP contribution is 2.45. The van der Waals surface area contributed by atoms with Crippen LogP contribution in [0.1, 0.15) is 441 Å². The van der Waals surface area contributed by atoms with Crippen molar-refractivity contribution in [3.63, 3.8) is 0 Å². The predicted molar refractivity (Wildman–Crippen MR) is 428 cm³/mol. The maximum atomic E-state index is 13.1. The minimum absolute atomic E-state index is 0.107. The molecular weight excluding hydrogens is 1350 g/mol. The van der Waals surface area contributed by atoms with E-state index in [2.05, 4.69) is 55.4 Å². The molecule has 0 aliphatic carbocycles. The average Bonchev–Trinajstić information content (AvgIpc) is 0.907. The maximum absolute atomic E-state index is 13.1. The first-order valence-corrected chi connectivity index (χ1v) is 46.7. The molecule has 0 radical (unpaired) electrons. The summed E-state index contributed by atoms with van der Waals surface area (Å²) in [5.74, 6) is 0.987. The molecule has 0 saturated carbocycles. The molecule has 3 N–H and O–H groups in total. The van der Waals surface area contributed by atoms with Crippen LogP contribution in [-0.2, 0) is 65.4 Å². The van der Waals surface area contributed by atoms with Crippen LogP contribution in [0, 0.1) is 23.7 Å². The van der Waals surface area contributed by atoms with Gasteiger partial charge in [-0.1, -0.05) is 389 Å². The van der Waals surface area contributed by atoms with Gasteiger partial charge in [-0.05, 0) is 49.4 Å². The zero-order chi connectivity index (χ0) is 76.7. The summed E-state index contributed by atoms with van der Waals surface area (Å²) in [6.45, 7) is 14.3. The van der Waals surface area contributed by atoms with E-state index in [1.54, 1.807) is 0 Å². The Labute approximate surface area is 638 Å². The van der Waals surface area contributed by atoms with E-state index >= 15 is 0 Å². The largest absolute Gasteiger partial charge is 0.472 e. The molecule has 0 bridgehead atoms. The lowest BCUT2D eigenvalue weighted by atomic mass is 10.0. The van der Waals surface area contributed by atoms with E-state index in [-0.39, 0.29) is 25.7 Å². The number of phosphoric ester groups is 2. The van der Waals surface area contributed by atoms with Crippen molar-refractivity contribution in [3.05, 3.63) is 0 Å². The first-order chi connectivity index (χ1) is 50.1. The van der Waals surface area contributed by atoms with Gasteiger partial charge >= 0.3 is 39.5 Å². The van der Waals surface area contributed by atoms with E-state index in [0.717, 1.165) is 114 Å². The molecule has 0 aliphatic rings. The van der Waals surface area contributed by atoms with E-state index in [1.807, 2.05) is 0 Å². The lowest BCUT2D eigenvalue weighted by molar-refractivity contribution is -0.161. The predicted octanol–water partition coefficient (Wildman–Crippen LogP) is 25.6. The third-order valence-corrected chi connectivity index (χ3v) is 21.7. The van der Waals surface area contributed by atoms with Gasteiger partial charge in [0.2, 0.25) is 0 Å². The molecule has 104 heavy (non-hydrogen) atoms. The zero-order valence-corrected chi connectivity index (χ0v) is 70.5. The van der Waals surface area contributed by atoms with Crippen LogP contribution in [0.5, 0.6) is 0 Å². The van der Waals surface area contributed by atoms with E-state index in [0.29, 0.717) is 31.6 Å². The summed E-state index contributed by atoms with van der Waals surface area (Å²) in [6.07, 6.45) is 62.6. The van der Waals surface area contributed by atoms with Crippen molar-refractivity contribution < 1.29 is 80.2 Å². The number of unbranched alkanes of at least 4 members (excludes halogenated alkanes) is 48. The first kappa shape index (κ1) is 102. The molecule has 0 aromatic carbocycles. The smallest absolute Gasteiger partial charge is 0.462 e. The number of esters is 4. The van der Waals surface area contributed by atoms with Gasteiger partial charge in [-0.3, -0.25) is 37.3 Å². The molecular formula is C85H166O17P2. The second kappa shape index (κ2) is 73.8. The third-order valence-electron chi connectivity index (χ3n) is 19.8. The van der Waals surface area contributed by atoms with Crippen LogP contribution < -0.4 is 0 Å². The van der Waals surface area contributed by atoms with Crippen LogP contribution in [0.4, 0.5) is 0 Å². The fourth-order valence-corrected chi connectivity index (χ4v) is 14.7. The van der Waals surface area contributed by atoms with Gasteiger partial charge in [0, 0.05) is 25.7 Å². The Hall–Kier alpha value is -1.94. The fourth-order valence-electron chi connectivity index (χ4n) is 13.1. The van der Waals surface area contributed by atoms with Gasteiger partial charge in [0.25, 0.3) is 0 Å². The second-order valence-electron chi connectivity index (χ2n) is 32.5. The molecule has 0 amide bonds. The molecule has 0 fully saturated rings. The molecule has 5 atom stereocenters. The molecule has 19 heteroatoms. The van der Waals surface area contributed by atoms with E-state index in [9.17, 15) is 43.2 Å². The van der Waals surface area contributed by atoms with Gasteiger partial charge in [0.05, 0.1) is 26.4 Å². The number of carbonyl (C=O) groups is 4. The Morgan fingerprint density at radius 1 is 0.240 bits per heavy atom. The normalized spacial score (nSPS) is 14.0. The van der Waals surface area contributed by atoms with Crippen molar-refractivity contribution in [2.45, 2.75) is 459 Å². The Balaban J connectivity index is 5.22. The van der Waals surface area contributed by atoms with Crippen LogP contribution >= 0.6 is 15.6 Å². The second-order valence-corrected chi connectivity index (χ2v) is 35.4. The van der Waals surface area contributed by atoms with Gasteiger partial charge in [-0.2, -0.15) is 0 Å². The Morgan fingerprint density at radius 3 is 0.596 bits per heavy atom. The highest BCUT2D eigenvalue weighted by atomic mass is 31.2. The summed E-state index contributed by atoms with van der Waals surface area (Å²) < 4.78 is 68.8. The minimum atomic E-state index is -4.97. The summed E-state index contributed by atoms with van der Waals surface area (Å²) >= 11 is 0. The van der Waals surface area contributed by atoms with Gasteiger partial charge in [-0.25, -0.2) is 9.13 Å². The van der Waals surface area contributed by atoms with Gasteiger partial charge in [0.1, 0.15) is 19.3 Å². The molecule has 618 valence electrons. The number of rotatable bonds is 82. The van der Waals surface area contributed by atoms with Gasteiger partial charge < -0.3 is 33.8 Å². The number of carbonyl (C=O) groups excluding carboxylic acids is 4. The number of aliphatic hydroxyl groups excluding tert-OH is 1. The Bertz CT molecular complexity index is 2020. The summed E-state index contributed by atoms with van der Waals surface area (Å²) in [4.78, 5) is 73.1. The molecule has 0 spiro atoms. The van der Waals surface area contributed by atoms with Crippen LogP contribution in [-0.4, -0.2) is 96.7 Å². The van der Waals surface area contributed by atoms with E-state index in [1.165, 1.54) is 238 Å². The van der Waals surface area contributed by atoms with Crippen LogP contribution in [0.3, 0.4) is 0 Å². The van der Waals surface area contributed by atoms with Crippen molar-refractivity contribution in [2.24, 2.45) is 23.7 Å². The molecule has 17 nitrogen and oxygen atoms in total. The summed E-state index contributed by atoms with van der Waals surface area (Å²) in [5, 5.41) is 10.7. The number of hydrogen-bond donors (Lipinski definition) is 3. The van der Waals surface area contributed by atoms with Crippen molar-refractivity contribution in [2.75, 3.05) is 39.6 Å². The van der Waals surface area contributed by atoms with Gasteiger partial charge in [0.15, 0.2) is 12.2 Å². The molecule has 0 rings (SSSR count). The minimum Gasteiger partial charge on any atom is -0.462 e. The topological polar surface area (TPSA) is 237 Å². The van der Waals surface area contributed by atoms with Gasteiger partial charge in [-0.15, -0.1) is 0 Å². The van der Waals surface area contributed by atoms with Crippen molar-refractivity contribution >= 4 is 39.5 Å². The molecule has 0 aromatic rings. The molecule has 0 aliphatic heterocycles. The zero-order valence-electron chi connectivity index (χ0n) is 68.7. The fraction of sp³-hybridized carbons (Fsp3) is 0.953. The number of aliphatic hydroxyl groups is 1. The highest BCUT2D eigenvalue weighted by molar-refractivity contribution is 7.47. The van der Waals surface area contributed by atoms with Crippen molar-refractivity contribution in [1.82, 2.24) is 0 Å². The molecule has 0 saturated heterocycles. The third kappa shape index (κ3) is 78.2. The van der Waals surface area contributed by atoms with Crippen LogP contribution in [0.2, 0.25) is 0 Å². The number of ether oxygens (including phenoxy) is 4. The van der Waals surface area contributed by atoms with E-state index in [4.69, 9.17) is 37.0 Å². The quantitative estimate of drug-likeness (QED) is 0.0222. The molecule has 0 heterocycles. The standard InChI is InChI=1S/C85H166O17P2/c1-75(2)61-53-45-37-31-25-19-13-9-10-16-23-29-35-41-51-59-67-84(89)101-80(71-95-82(87)65-57-49-40-34-28-22-17-11-14-20-26-32-38-46-54-62-76(3)4)73-99-103(91,92)97-69-79(86)70-98-104(93,94)100-74-81(72-96-83(88)66-58-50-44-43-48-56-64-78(7)8)102-85(90)68-60-52-42-36-30-24-18-12-15-21-27-33-39-47-55-63-77(5)6/h75-81,86H,9-74H2,1-8H3,(H,91,92)(H,93,94)/t79?,80-,81-/m1/s1. The first-order valence-electron chi connectivity index (χ1n) is 43.7. The number of hydrogen-bond acceptors (Lipinski definition) is 15. The molecule has 0 aromatic heterocycles. The monoisotopic (exact) mass is 1520 g/mol. The summed E-state index contributed by atoms with van der Waals surface area (Å²) in [7, 11) is -9.93. The maximum Gasteiger partial charge on any atom is 0.472 e. The van der Waals surface area contributed by atoms with Crippen LogP contribution in [0.25, 0.3) is 0 Å². The number of phosphoric acid groups is 2. The summed E-state index contributed by atoms with van der Waals surface area (Å²) in [5.41, 5.74) is 0. The van der Waals surface area contributed by atoms with Crippen molar-refractivity contribution in [3.8, 4) is 0 Å². The van der Waals surface area contributed by atoms with E-state index < -0.39 is 97.5 Å². The van der Waals surface area contributed by atoms with Crippen LogP contribution in [0.15, 0.2) is 0 Å².